The molecular weight excluding hydrogens is 271 g/mol. The molecule has 1 spiro atoms. The zero-order valence-electron chi connectivity index (χ0n) is 12.0. The van der Waals surface area contributed by atoms with Crippen LogP contribution in [0.4, 0.5) is 0 Å². The van der Waals surface area contributed by atoms with Gasteiger partial charge >= 0.3 is 29.6 Å². The normalized spacial score (nSPS) is 37.8. The Morgan fingerprint density at radius 3 is 2.68 bits per heavy atom. The van der Waals surface area contributed by atoms with Gasteiger partial charge in [-0.15, -0.1) is 0 Å². The maximum Gasteiger partial charge on any atom is 1.00 e. The molecule has 4 nitrogen and oxygen atoms in total. The van der Waals surface area contributed by atoms with Gasteiger partial charge in [0.2, 0.25) is 5.91 Å². The Morgan fingerprint density at radius 2 is 2.16 bits per heavy atom. The molecule has 1 saturated carbocycles. The van der Waals surface area contributed by atoms with Crippen LogP contribution in [0.5, 0.6) is 0 Å². The van der Waals surface area contributed by atoms with Gasteiger partial charge in [-0.05, 0) is 42.3 Å². The summed E-state index contributed by atoms with van der Waals surface area (Å²) in [6.07, 6.45) is 3.04. The number of rotatable bonds is 2. The van der Waals surface area contributed by atoms with E-state index in [4.69, 9.17) is 12.2 Å². The van der Waals surface area contributed by atoms with E-state index in [9.17, 15) is 9.90 Å². The number of aliphatic imine (C=N–C) groups is 1. The molecular formula is C13H19N2NaO2S. The van der Waals surface area contributed by atoms with Crippen LogP contribution in [-0.2, 0) is 4.79 Å². The van der Waals surface area contributed by atoms with Crippen LogP contribution < -0.4 is 40.0 Å². The molecule has 2 rings (SSSR count). The molecule has 4 unspecified atom stereocenters. The zero-order chi connectivity index (χ0) is 13.5. The fourth-order valence-electron chi connectivity index (χ4n) is 3.75. The van der Waals surface area contributed by atoms with Crippen molar-refractivity contribution in [2.75, 3.05) is 0 Å². The SMILES string of the molecule is CCCC1CC(C)C2(C(=O)NC(=S)N=C2[O-])C1C.[Na+]. The average Bonchev–Trinajstić information content (AvgIpc) is 2.50. The number of carbonyl (C=O) groups excluding carboxylic acids is 1. The molecule has 1 fully saturated rings. The maximum absolute atomic E-state index is 12.3. The minimum absolute atomic E-state index is 0. The van der Waals surface area contributed by atoms with Gasteiger partial charge in [0.25, 0.3) is 0 Å². The molecule has 1 aliphatic heterocycles. The molecule has 19 heavy (non-hydrogen) atoms. The van der Waals surface area contributed by atoms with Crippen LogP contribution in [-0.4, -0.2) is 16.9 Å². The van der Waals surface area contributed by atoms with E-state index in [2.05, 4.69) is 17.2 Å². The van der Waals surface area contributed by atoms with Gasteiger partial charge in [0.1, 0.15) is 0 Å². The first-order valence-electron chi connectivity index (χ1n) is 6.56. The maximum atomic E-state index is 12.3. The van der Waals surface area contributed by atoms with Crippen LogP contribution in [0.15, 0.2) is 4.99 Å². The minimum Gasteiger partial charge on any atom is -0.861 e. The summed E-state index contributed by atoms with van der Waals surface area (Å²) in [4.78, 5) is 16.2. The fraction of sp³-hybridized carbons (Fsp3) is 0.769. The van der Waals surface area contributed by atoms with Crippen molar-refractivity contribution in [2.24, 2.45) is 28.2 Å². The summed E-state index contributed by atoms with van der Waals surface area (Å²) in [5.74, 6) is -0.0993. The van der Waals surface area contributed by atoms with E-state index in [-0.39, 0.29) is 58.3 Å². The summed E-state index contributed by atoms with van der Waals surface area (Å²) in [7, 11) is 0. The van der Waals surface area contributed by atoms with Gasteiger partial charge in [-0.3, -0.25) is 4.79 Å². The first kappa shape index (κ1) is 17.1. The fourth-order valence-corrected chi connectivity index (χ4v) is 3.93. The molecule has 0 bridgehead atoms. The third-order valence-electron chi connectivity index (χ3n) is 4.67. The summed E-state index contributed by atoms with van der Waals surface area (Å²) in [6.45, 7) is 6.11. The van der Waals surface area contributed by atoms with Crippen molar-refractivity contribution < 1.29 is 39.5 Å². The standard InChI is InChI=1S/C13H20N2O2S.Na/c1-4-5-9-6-7(2)13(8(9)3)10(16)14-12(18)15-11(13)17;/h7-9H,4-6H2,1-3H3,(H2,14,15,16,17,18);/q;+1/p-1. The Hall–Kier alpha value is 0.0300. The van der Waals surface area contributed by atoms with Crippen LogP contribution in [0.1, 0.15) is 40.0 Å². The Kier molecular flexibility index (Phi) is 5.58. The Labute approximate surface area is 141 Å². The Balaban J connectivity index is 0.00000180. The van der Waals surface area contributed by atoms with Crippen LogP contribution in [0, 0.1) is 23.2 Å². The van der Waals surface area contributed by atoms with Crippen LogP contribution in [0.2, 0.25) is 0 Å². The van der Waals surface area contributed by atoms with Crippen molar-refractivity contribution >= 4 is 29.1 Å². The number of nitrogens with zero attached hydrogens (tertiary/aromatic N) is 1. The molecule has 1 amide bonds. The van der Waals surface area contributed by atoms with Crippen LogP contribution in [0.25, 0.3) is 0 Å². The van der Waals surface area contributed by atoms with Gasteiger partial charge < -0.3 is 10.4 Å². The van der Waals surface area contributed by atoms with E-state index in [0.29, 0.717) is 5.92 Å². The third kappa shape index (κ3) is 2.50. The molecule has 6 heteroatoms. The summed E-state index contributed by atoms with van der Waals surface area (Å²) < 4.78 is 0. The minimum atomic E-state index is -0.984. The number of hydrogen-bond acceptors (Lipinski definition) is 3. The number of nitrogens with one attached hydrogen (secondary N) is 1. The summed E-state index contributed by atoms with van der Waals surface area (Å²) in [6, 6.07) is 0. The molecule has 0 aromatic carbocycles. The third-order valence-corrected chi connectivity index (χ3v) is 4.86. The van der Waals surface area contributed by atoms with Gasteiger partial charge in [0.05, 0.1) is 5.41 Å². The van der Waals surface area contributed by atoms with Crippen molar-refractivity contribution in [3.8, 4) is 0 Å². The van der Waals surface area contributed by atoms with Crippen LogP contribution in [0.3, 0.4) is 0 Å². The monoisotopic (exact) mass is 290 g/mol. The molecule has 0 aromatic rings. The molecule has 1 aliphatic carbocycles. The summed E-state index contributed by atoms with van der Waals surface area (Å²) >= 11 is 4.82. The number of amides is 1. The zero-order valence-corrected chi connectivity index (χ0v) is 14.8. The molecule has 2 aliphatic rings. The number of hydrogen-bond donors (Lipinski definition) is 1. The molecule has 100 valence electrons. The first-order chi connectivity index (χ1) is 8.44. The van der Waals surface area contributed by atoms with E-state index < -0.39 is 5.41 Å². The molecule has 0 aromatic heterocycles. The topological polar surface area (TPSA) is 64.5 Å². The van der Waals surface area contributed by atoms with Crippen LogP contribution >= 0.6 is 12.2 Å². The van der Waals surface area contributed by atoms with E-state index in [0.717, 1.165) is 19.3 Å². The summed E-state index contributed by atoms with van der Waals surface area (Å²) in [5.41, 5.74) is -0.984. The van der Waals surface area contributed by atoms with Gasteiger partial charge in [-0.25, -0.2) is 4.99 Å². The van der Waals surface area contributed by atoms with Gasteiger partial charge in [-0.1, -0.05) is 33.6 Å². The second-order valence-corrected chi connectivity index (χ2v) is 5.91. The van der Waals surface area contributed by atoms with E-state index >= 15 is 0 Å². The van der Waals surface area contributed by atoms with E-state index in [1.54, 1.807) is 0 Å². The molecule has 4 atom stereocenters. The van der Waals surface area contributed by atoms with Gasteiger partial charge in [0.15, 0.2) is 5.11 Å². The second-order valence-electron chi connectivity index (χ2n) is 5.52. The van der Waals surface area contributed by atoms with Crippen molar-refractivity contribution in [1.82, 2.24) is 5.32 Å². The number of carbonyl (C=O) groups is 1. The average molecular weight is 290 g/mol. The van der Waals surface area contributed by atoms with Gasteiger partial charge in [0, 0.05) is 0 Å². The molecule has 1 N–H and O–H groups in total. The Morgan fingerprint density at radius 1 is 1.53 bits per heavy atom. The molecule has 0 radical (unpaired) electrons. The second kappa shape index (κ2) is 6.20. The smallest absolute Gasteiger partial charge is 0.861 e. The first-order valence-corrected chi connectivity index (χ1v) is 6.97. The van der Waals surface area contributed by atoms with Gasteiger partial charge in [-0.2, -0.15) is 0 Å². The summed E-state index contributed by atoms with van der Waals surface area (Å²) in [5, 5.41) is 14.9. The van der Waals surface area contributed by atoms with Crippen molar-refractivity contribution in [3.05, 3.63) is 0 Å². The predicted molar refractivity (Wildman–Crippen MR) is 72.0 cm³/mol. The van der Waals surface area contributed by atoms with Crippen molar-refractivity contribution in [1.29, 1.82) is 0 Å². The van der Waals surface area contributed by atoms with E-state index in [1.165, 1.54) is 0 Å². The Bertz CT molecular complexity index is 427. The van der Waals surface area contributed by atoms with Crippen molar-refractivity contribution in [3.63, 3.8) is 0 Å². The number of thiocarbonyl (C=S) groups is 1. The quantitative estimate of drug-likeness (QED) is 0.484. The largest absolute Gasteiger partial charge is 1.00 e. The predicted octanol–water partition coefficient (Wildman–Crippen LogP) is -1.76. The van der Waals surface area contributed by atoms with Crippen molar-refractivity contribution in [2.45, 2.75) is 40.0 Å². The molecule has 1 heterocycles. The van der Waals surface area contributed by atoms with E-state index in [1.807, 2.05) is 13.8 Å². The molecule has 0 saturated heterocycles.